The fourth-order valence-electron chi connectivity index (χ4n) is 3.49. The van der Waals surface area contributed by atoms with Crippen molar-refractivity contribution in [3.63, 3.8) is 0 Å². The average molecular weight is 540 g/mol. The van der Waals surface area contributed by atoms with Crippen LogP contribution in [0.1, 0.15) is 40.2 Å². The molecule has 0 spiro atoms. The molecule has 0 N–H and O–H groups in total. The van der Waals surface area contributed by atoms with E-state index < -0.39 is 78.7 Å². The Balaban J connectivity index is 2.59. The normalized spacial score (nSPS) is 23.0. The molecule has 1 aromatic carbocycles. The monoisotopic (exact) mass is 540 g/mol. The van der Waals surface area contributed by atoms with Gasteiger partial charge in [-0.25, -0.2) is 9.18 Å². The zero-order chi connectivity index (χ0) is 28.4. The molecule has 0 aromatic heterocycles. The van der Waals surface area contributed by atoms with E-state index in [2.05, 4.69) is 0 Å². The highest BCUT2D eigenvalue weighted by Crippen LogP contribution is 2.31. The standard InChI is InChI=1S/C25H29FO12/c1-6-32-24(31)19(11-17-9-7-8-10-18(17)26)37-25-23(36-16(5)30)22(35-15(4)29)21(34-14(3)28)20(38-25)12-33-13(2)27/h7-11,20-23,25H,6,12H2,1-5H3/b19-11-/t20-,21+,22+,23-,25-/m0/s1. The van der Waals surface area contributed by atoms with Crippen molar-refractivity contribution in [2.45, 2.75) is 65.3 Å². The highest BCUT2D eigenvalue weighted by molar-refractivity contribution is 5.91. The maximum atomic E-state index is 14.3. The summed E-state index contributed by atoms with van der Waals surface area (Å²) in [7, 11) is 0. The minimum atomic E-state index is -1.70. The maximum Gasteiger partial charge on any atom is 0.373 e. The van der Waals surface area contributed by atoms with Gasteiger partial charge in [0, 0.05) is 33.3 Å². The summed E-state index contributed by atoms with van der Waals surface area (Å²) in [5, 5.41) is 0. The SMILES string of the molecule is CCOC(=O)/C(=C/c1ccccc1F)O[C@H]1O[C@@H](COC(C)=O)[C@@H](OC(C)=O)[C@@H](OC(C)=O)[C@@H]1OC(C)=O. The van der Waals surface area contributed by atoms with Crippen LogP contribution in [-0.2, 0) is 57.1 Å². The van der Waals surface area contributed by atoms with Crippen molar-refractivity contribution in [3.05, 3.63) is 41.4 Å². The number of halogens is 1. The van der Waals surface area contributed by atoms with Crippen molar-refractivity contribution in [3.8, 4) is 0 Å². The molecule has 13 heteroatoms. The predicted octanol–water partition coefficient (Wildman–Crippen LogP) is 1.83. The first-order chi connectivity index (χ1) is 17.9. The van der Waals surface area contributed by atoms with E-state index in [-0.39, 0.29) is 12.2 Å². The zero-order valence-corrected chi connectivity index (χ0v) is 21.5. The summed E-state index contributed by atoms with van der Waals surface area (Å²) in [4.78, 5) is 59.9. The first-order valence-corrected chi connectivity index (χ1v) is 11.5. The van der Waals surface area contributed by atoms with Crippen molar-refractivity contribution < 1.29 is 61.5 Å². The Labute approximate surface area is 217 Å². The number of hydrogen-bond donors (Lipinski definition) is 0. The van der Waals surface area contributed by atoms with E-state index in [4.69, 9.17) is 33.2 Å². The van der Waals surface area contributed by atoms with Crippen molar-refractivity contribution in [2.24, 2.45) is 0 Å². The third-order valence-corrected chi connectivity index (χ3v) is 4.86. The van der Waals surface area contributed by atoms with E-state index in [1.807, 2.05) is 0 Å². The third-order valence-electron chi connectivity index (χ3n) is 4.86. The molecule has 38 heavy (non-hydrogen) atoms. The second kappa shape index (κ2) is 14.1. The summed E-state index contributed by atoms with van der Waals surface area (Å²) in [6.45, 7) is 5.29. The van der Waals surface area contributed by atoms with Gasteiger partial charge >= 0.3 is 29.8 Å². The van der Waals surface area contributed by atoms with Gasteiger partial charge in [-0.15, -0.1) is 0 Å². The molecule has 2 rings (SSSR count). The van der Waals surface area contributed by atoms with Gasteiger partial charge in [0.1, 0.15) is 18.5 Å². The Morgan fingerprint density at radius 2 is 1.39 bits per heavy atom. The minimum Gasteiger partial charge on any atom is -0.463 e. The summed E-state index contributed by atoms with van der Waals surface area (Å²) in [5.41, 5.74) is -0.0406. The molecule has 1 saturated heterocycles. The van der Waals surface area contributed by atoms with Gasteiger partial charge in [-0.3, -0.25) is 19.2 Å². The topological polar surface area (TPSA) is 150 Å². The lowest BCUT2D eigenvalue weighted by Crippen LogP contribution is -2.63. The lowest BCUT2D eigenvalue weighted by Gasteiger charge is -2.43. The van der Waals surface area contributed by atoms with Crippen LogP contribution in [0.4, 0.5) is 4.39 Å². The predicted molar refractivity (Wildman–Crippen MR) is 124 cm³/mol. The van der Waals surface area contributed by atoms with Crippen LogP contribution in [0.25, 0.3) is 6.08 Å². The largest absolute Gasteiger partial charge is 0.463 e. The van der Waals surface area contributed by atoms with Crippen LogP contribution in [0, 0.1) is 5.82 Å². The van der Waals surface area contributed by atoms with Crippen LogP contribution in [-0.4, -0.2) is 73.8 Å². The van der Waals surface area contributed by atoms with E-state index in [0.717, 1.165) is 39.8 Å². The van der Waals surface area contributed by atoms with Crippen molar-refractivity contribution in [1.29, 1.82) is 0 Å². The Morgan fingerprint density at radius 3 is 1.95 bits per heavy atom. The van der Waals surface area contributed by atoms with Gasteiger partial charge < -0.3 is 33.2 Å². The highest BCUT2D eigenvalue weighted by atomic mass is 19.1. The number of benzene rings is 1. The Morgan fingerprint density at radius 1 is 0.816 bits per heavy atom. The molecule has 5 atom stereocenters. The number of carbonyl (C=O) groups is 5. The molecule has 208 valence electrons. The van der Waals surface area contributed by atoms with E-state index in [0.29, 0.717) is 0 Å². The Kier molecular flexibility index (Phi) is 11.2. The van der Waals surface area contributed by atoms with Gasteiger partial charge in [0.05, 0.1) is 6.61 Å². The molecule has 0 radical (unpaired) electrons. The van der Waals surface area contributed by atoms with Crippen LogP contribution in [0.5, 0.6) is 0 Å². The van der Waals surface area contributed by atoms with Crippen molar-refractivity contribution >= 4 is 35.9 Å². The first-order valence-electron chi connectivity index (χ1n) is 11.5. The second-order valence-corrected chi connectivity index (χ2v) is 7.94. The Bertz CT molecular complexity index is 1070. The molecule has 1 aliphatic heterocycles. The number of esters is 5. The summed E-state index contributed by atoms with van der Waals surface area (Å²) in [5.74, 6) is -5.45. The first kappa shape index (κ1) is 30.2. The van der Waals surface area contributed by atoms with Gasteiger partial charge in [0.25, 0.3) is 0 Å². The average Bonchev–Trinajstić information content (AvgIpc) is 2.81. The molecule has 0 saturated carbocycles. The van der Waals surface area contributed by atoms with Gasteiger partial charge in [-0.1, -0.05) is 18.2 Å². The van der Waals surface area contributed by atoms with Gasteiger partial charge in [0.15, 0.2) is 12.2 Å². The number of rotatable bonds is 10. The summed E-state index contributed by atoms with van der Waals surface area (Å²) < 4.78 is 51.8. The molecule has 1 fully saturated rings. The molecule has 1 aliphatic rings. The van der Waals surface area contributed by atoms with E-state index in [1.165, 1.54) is 25.1 Å². The summed E-state index contributed by atoms with van der Waals surface area (Å²) in [6.07, 6.45) is -6.48. The summed E-state index contributed by atoms with van der Waals surface area (Å²) >= 11 is 0. The summed E-state index contributed by atoms with van der Waals surface area (Å²) in [6, 6.07) is 5.48. The smallest absolute Gasteiger partial charge is 0.373 e. The lowest BCUT2D eigenvalue weighted by molar-refractivity contribution is -0.299. The fraction of sp³-hybridized carbons (Fsp3) is 0.480. The zero-order valence-electron chi connectivity index (χ0n) is 21.5. The molecule has 1 heterocycles. The Hall–Kier alpha value is -4.00. The number of carbonyl (C=O) groups excluding carboxylic acids is 5. The molecule has 0 unspecified atom stereocenters. The van der Waals surface area contributed by atoms with Gasteiger partial charge in [0.2, 0.25) is 18.2 Å². The number of ether oxygens (including phenoxy) is 7. The van der Waals surface area contributed by atoms with E-state index in [1.54, 1.807) is 0 Å². The molecule has 0 aliphatic carbocycles. The van der Waals surface area contributed by atoms with E-state index >= 15 is 0 Å². The quantitative estimate of drug-likeness (QED) is 0.184. The molecular weight excluding hydrogens is 511 g/mol. The van der Waals surface area contributed by atoms with Crippen LogP contribution in [0.2, 0.25) is 0 Å². The highest BCUT2D eigenvalue weighted by Gasteiger charge is 2.53. The maximum absolute atomic E-state index is 14.3. The van der Waals surface area contributed by atoms with Gasteiger partial charge in [-0.2, -0.15) is 0 Å². The van der Waals surface area contributed by atoms with Crippen LogP contribution in [0.15, 0.2) is 30.0 Å². The minimum absolute atomic E-state index is 0.0406. The lowest BCUT2D eigenvalue weighted by atomic mass is 9.98. The number of hydrogen-bond acceptors (Lipinski definition) is 12. The molecule has 12 nitrogen and oxygen atoms in total. The van der Waals surface area contributed by atoms with E-state index in [9.17, 15) is 28.4 Å². The fourth-order valence-corrected chi connectivity index (χ4v) is 3.49. The van der Waals surface area contributed by atoms with Crippen LogP contribution < -0.4 is 0 Å². The molecular formula is C25H29FO12. The second-order valence-electron chi connectivity index (χ2n) is 7.94. The van der Waals surface area contributed by atoms with Crippen molar-refractivity contribution in [2.75, 3.05) is 13.2 Å². The molecule has 0 amide bonds. The van der Waals surface area contributed by atoms with Crippen LogP contribution >= 0.6 is 0 Å². The molecule has 0 bridgehead atoms. The third kappa shape index (κ3) is 8.83. The van der Waals surface area contributed by atoms with Gasteiger partial charge in [-0.05, 0) is 19.1 Å². The van der Waals surface area contributed by atoms with Crippen LogP contribution in [0.3, 0.4) is 0 Å². The molecule has 1 aromatic rings. The van der Waals surface area contributed by atoms with Crippen molar-refractivity contribution in [1.82, 2.24) is 0 Å².